The van der Waals surface area contributed by atoms with Crippen LogP contribution in [0.4, 0.5) is 22.0 Å². The second-order valence-corrected chi connectivity index (χ2v) is 3.06. The van der Waals surface area contributed by atoms with Crippen molar-refractivity contribution >= 4 is 0 Å². The molecule has 0 aliphatic carbocycles. The molecule has 0 N–H and O–H groups in total. The van der Waals surface area contributed by atoms with Crippen LogP contribution in [0.1, 0.15) is 23.7 Å². The summed E-state index contributed by atoms with van der Waals surface area (Å²) in [5.41, 5.74) is -0.764. The molecule has 0 saturated heterocycles. The van der Waals surface area contributed by atoms with E-state index in [2.05, 4.69) is 0 Å². The normalized spacial score (nSPS) is 13.9. The Hall–Kier alpha value is -1.13. The molecule has 15 heavy (non-hydrogen) atoms. The summed E-state index contributed by atoms with van der Waals surface area (Å²) in [7, 11) is 0. The molecule has 0 saturated carbocycles. The largest absolute Gasteiger partial charge is 0.416 e. The zero-order valence-electron chi connectivity index (χ0n) is 7.69. The fraction of sp³-hybridized carbons (Fsp3) is 0.400. The van der Waals surface area contributed by atoms with Crippen LogP contribution in [-0.2, 0) is 6.18 Å². The third-order valence-electron chi connectivity index (χ3n) is 1.96. The number of benzene rings is 1. The molecule has 0 nitrogen and oxygen atoms in total. The van der Waals surface area contributed by atoms with Crippen molar-refractivity contribution in [3.63, 3.8) is 0 Å². The molecule has 0 bridgehead atoms. The summed E-state index contributed by atoms with van der Waals surface area (Å²) in [5, 5.41) is 0. The van der Waals surface area contributed by atoms with E-state index in [9.17, 15) is 22.0 Å². The van der Waals surface area contributed by atoms with E-state index >= 15 is 0 Å². The maximum absolute atomic E-state index is 13.0. The van der Waals surface area contributed by atoms with Gasteiger partial charge in [-0.05, 0) is 17.7 Å². The van der Waals surface area contributed by atoms with Gasteiger partial charge in [-0.25, -0.2) is 4.39 Å². The van der Waals surface area contributed by atoms with Crippen LogP contribution < -0.4 is 0 Å². The molecule has 1 unspecified atom stereocenters. The first-order valence-electron chi connectivity index (χ1n) is 4.32. The summed E-state index contributed by atoms with van der Waals surface area (Å²) in [6.07, 6.45) is -6.30. The van der Waals surface area contributed by atoms with Gasteiger partial charge in [0, 0.05) is 6.42 Å². The van der Waals surface area contributed by atoms with Gasteiger partial charge in [0.2, 0.25) is 0 Å². The Morgan fingerprint density at radius 1 is 1.07 bits per heavy atom. The number of hydrogen-bond acceptors (Lipinski definition) is 0. The van der Waals surface area contributed by atoms with Gasteiger partial charge in [0.15, 0.2) is 0 Å². The highest BCUT2D eigenvalue weighted by Crippen LogP contribution is 2.30. The minimum Gasteiger partial charge on any atom is -0.251 e. The van der Waals surface area contributed by atoms with E-state index < -0.39 is 24.6 Å². The van der Waals surface area contributed by atoms with Crippen molar-refractivity contribution in [2.45, 2.75) is 18.8 Å². The molecule has 0 fully saturated rings. The summed E-state index contributed by atoms with van der Waals surface area (Å²) >= 11 is 0. The quantitative estimate of drug-likeness (QED) is 0.679. The Bertz CT molecular complexity index is 301. The Kier molecular flexibility index (Phi) is 3.66. The molecule has 0 aliphatic heterocycles. The molecule has 0 aromatic heterocycles. The molecule has 84 valence electrons. The van der Waals surface area contributed by atoms with Crippen LogP contribution in [0.5, 0.6) is 0 Å². The average molecular weight is 224 g/mol. The van der Waals surface area contributed by atoms with Gasteiger partial charge in [-0.1, -0.05) is 12.1 Å². The maximum atomic E-state index is 13.0. The molecule has 0 heterocycles. The maximum Gasteiger partial charge on any atom is 0.416 e. The van der Waals surface area contributed by atoms with E-state index in [4.69, 9.17) is 0 Å². The lowest BCUT2D eigenvalue weighted by atomic mass is 10.1. The minimum absolute atomic E-state index is 0.0700. The first-order chi connectivity index (χ1) is 6.95. The van der Waals surface area contributed by atoms with E-state index in [0.29, 0.717) is 0 Å². The van der Waals surface area contributed by atoms with Crippen LogP contribution in [0.3, 0.4) is 0 Å². The number of hydrogen-bond donors (Lipinski definition) is 0. The van der Waals surface area contributed by atoms with Gasteiger partial charge in [0.05, 0.1) is 12.2 Å². The Balaban J connectivity index is 2.81. The highest BCUT2D eigenvalue weighted by Gasteiger charge is 2.30. The molecule has 0 spiro atoms. The lowest BCUT2D eigenvalue weighted by molar-refractivity contribution is -0.137. The van der Waals surface area contributed by atoms with Gasteiger partial charge < -0.3 is 0 Å². The van der Waals surface area contributed by atoms with E-state index in [-0.39, 0.29) is 12.0 Å². The first-order valence-corrected chi connectivity index (χ1v) is 4.32. The number of alkyl halides is 5. The lowest BCUT2D eigenvalue weighted by Gasteiger charge is -2.09. The monoisotopic (exact) mass is 224 g/mol. The lowest BCUT2D eigenvalue weighted by Crippen LogP contribution is -2.05. The smallest absolute Gasteiger partial charge is 0.251 e. The highest BCUT2D eigenvalue weighted by atomic mass is 19.4. The minimum atomic E-state index is -4.43. The summed E-state index contributed by atoms with van der Waals surface area (Å²) in [4.78, 5) is 0. The highest BCUT2D eigenvalue weighted by molar-refractivity contribution is 5.26. The molecular formula is C10H9F5. The predicted molar refractivity (Wildman–Crippen MR) is 45.9 cm³/mol. The van der Waals surface area contributed by atoms with Gasteiger partial charge in [-0.15, -0.1) is 0 Å². The molecule has 1 atom stereocenters. The topological polar surface area (TPSA) is 0 Å². The van der Waals surface area contributed by atoms with Crippen molar-refractivity contribution in [1.82, 2.24) is 0 Å². The third kappa shape index (κ3) is 3.18. The summed E-state index contributed by atoms with van der Waals surface area (Å²) in [5.74, 6) is 0. The van der Waals surface area contributed by atoms with Gasteiger partial charge in [-0.3, -0.25) is 4.39 Å². The third-order valence-corrected chi connectivity index (χ3v) is 1.96. The predicted octanol–water partition coefficient (Wildman–Crippen LogP) is 4.08. The molecule has 1 aromatic carbocycles. The summed E-state index contributed by atoms with van der Waals surface area (Å²) < 4.78 is 61.2. The summed E-state index contributed by atoms with van der Waals surface area (Å²) in [6, 6.07) is 3.65. The van der Waals surface area contributed by atoms with Crippen LogP contribution in [-0.4, -0.2) is 6.67 Å². The van der Waals surface area contributed by atoms with Gasteiger partial charge in [-0.2, -0.15) is 13.2 Å². The van der Waals surface area contributed by atoms with Crippen LogP contribution in [0.15, 0.2) is 24.3 Å². The molecule has 0 amide bonds. The van der Waals surface area contributed by atoms with Crippen LogP contribution in [0.25, 0.3) is 0 Å². The molecule has 1 rings (SSSR count). The van der Waals surface area contributed by atoms with Gasteiger partial charge in [0.1, 0.15) is 6.17 Å². The van der Waals surface area contributed by atoms with Crippen molar-refractivity contribution in [2.75, 3.05) is 6.67 Å². The number of rotatable bonds is 3. The standard InChI is InChI=1S/C10H9F5/c11-6-5-9(12)7-1-3-8(4-2-7)10(13,14)15/h1-4,9H,5-6H2. The van der Waals surface area contributed by atoms with E-state index in [1.807, 2.05) is 0 Å². The zero-order chi connectivity index (χ0) is 11.5. The van der Waals surface area contributed by atoms with E-state index in [1.54, 1.807) is 0 Å². The van der Waals surface area contributed by atoms with Crippen molar-refractivity contribution in [3.8, 4) is 0 Å². The Morgan fingerprint density at radius 2 is 1.60 bits per heavy atom. The van der Waals surface area contributed by atoms with Crippen molar-refractivity contribution in [3.05, 3.63) is 35.4 Å². The molecule has 5 heteroatoms. The van der Waals surface area contributed by atoms with Crippen molar-refractivity contribution in [2.24, 2.45) is 0 Å². The van der Waals surface area contributed by atoms with Crippen LogP contribution >= 0.6 is 0 Å². The second-order valence-electron chi connectivity index (χ2n) is 3.06. The fourth-order valence-corrected chi connectivity index (χ4v) is 1.14. The zero-order valence-corrected chi connectivity index (χ0v) is 7.69. The molecule has 0 aliphatic rings. The van der Waals surface area contributed by atoms with Crippen LogP contribution in [0.2, 0.25) is 0 Å². The molecular weight excluding hydrogens is 215 g/mol. The van der Waals surface area contributed by atoms with Crippen molar-refractivity contribution < 1.29 is 22.0 Å². The number of halogens is 5. The van der Waals surface area contributed by atoms with E-state index in [0.717, 1.165) is 24.3 Å². The van der Waals surface area contributed by atoms with E-state index in [1.165, 1.54) is 0 Å². The van der Waals surface area contributed by atoms with Gasteiger partial charge in [0.25, 0.3) is 0 Å². The van der Waals surface area contributed by atoms with Crippen LogP contribution in [0, 0.1) is 0 Å². The Morgan fingerprint density at radius 3 is 2.00 bits per heavy atom. The SMILES string of the molecule is FCCC(F)c1ccc(C(F)(F)F)cc1. The van der Waals surface area contributed by atoms with Gasteiger partial charge >= 0.3 is 6.18 Å². The molecule has 1 aromatic rings. The summed E-state index contributed by atoms with van der Waals surface area (Å²) in [6.45, 7) is -0.831. The fourth-order valence-electron chi connectivity index (χ4n) is 1.14. The Labute approximate surface area is 83.7 Å². The first kappa shape index (κ1) is 11.9. The molecule has 0 radical (unpaired) electrons. The second kappa shape index (κ2) is 4.59. The average Bonchev–Trinajstić information content (AvgIpc) is 2.17. The van der Waals surface area contributed by atoms with Crippen molar-refractivity contribution in [1.29, 1.82) is 0 Å².